The third-order valence-electron chi connectivity index (χ3n) is 7.69. The highest BCUT2D eigenvalue weighted by atomic mass is 32.2. The van der Waals surface area contributed by atoms with Crippen molar-refractivity contribution in [2.45, 2.75) is 11.3 Å². The van der Waals surface area contributed by atoms with E-state index in [1.807, 2.05) is 102 Å². The Kier molecular flexibility index (Phi) is 9.69. The molecule has 218 valence electrons. The molecule has 0 aliphatic carbocycles. The summed E-state index contributed by atoms with van der Waals surface area (Å²) >= 11 is 0. The Hall–Kier alpha value is -3.98. The fourth-order valence-corrected chi connectivity index (χ4v) is 6.70. The predicted octanol–water partition coefficient (Wildman–Crippen LogP) is 4.94. The molecule has 0 radical (unpaired) electrons. The molecule has 1 aliphatic heterocycles. The van der Waals surface area contributed by atoms with Crippen LogP contribution in [-0.4, -0.2) is 81.4 Å². The number of hydrogen-bond donors (Lipinski definition) is 0. The maximum atomic E-state index is 13.4. The van der Waals surface area contributed by atoms with Gasteiger partial charge in [-0.15, -0.1) is 0 Å². The third kappa shape index (κ3) is 7.26. The second kappa shape index (κ2) is 13.8. The lowest BCUT2D eigenvalue weighted by Crippen LogP contribution is -2.50. The van der Waals surface area contributed by atoms with Crippen molar-refractivity contribution in [3.8, 4) is 5.75 Å². The molecule has 4 aromatic rings. The fourth-order valence-electron chi connectivity index (χ4n) is 5.24. The molecule has 5 rings (SSSR count). The van der Waals surface area contributed by atoms with Crippen LogP contribution in [0, 0.1) is 0 Å². The molecular formula is C34H37N3O4S. The average molecular weight is 584 g/mol. The molecule has 4 aromatic carbocycles. The summed E-state index contributed by atoms with van der Waals surface area (Å²) in [5.74, 6) is 0.843. The topological polar surface area (TPSA) is 70.2 Å². The van der Waals surface area contributed by atoms with Crippen LogP contribution in [0.4, 0.5) is 0 Å². The van der Waals surface area contributed by atoms with Gasteiger partial charge in [0, 0.05) is 51.4 Å². The van der Waals surface area contributed by atoms with Crippen LogP contribution in [-0.2, 0) is 21.2 Å². The van der Waals surface area contributed by atoms with Crippen molar-refractivity contribution < 1.29 is 17.9 Å². The monoisotopic (exact) mass is 583 g/mol. The predicted molar refractivity (Wildman–Crippen MR) is 168 cm³/mol. The Morgan fingerprint density at radius 1 is 0.857 bits per heavy atom. The minimum Gasteiger partial charge on any atom is -0.496 e. The highest BCUT2D eigenvalue weighted by Gasteiger charge is 2.29. The van der Waals surface area contributed by atoms with Crippen molar-refractivity contribution in [1.29, 1.82) is 0 Å². The van der Waals surface area contributed by atoms with E-state index in [1.54, 1.807) is 23.5 Å². The van der Waals surface area contributed by atoms with Crippen molar-refractivity contribution in [2.24, 2.45) is 0 Å². The van der Waals surface area contributed by atoms with Gasteiger partial charge >= 0.3 is 0 Å². The summed E-state index contributed by atoms with van der Waals surface area (Å²) in [6, 6.07) is 30.6. The first-order valence-electron chi connectivity index (χ1n) is 14.3. The van der Waals surface area contributed by atoms with Crippen molar-refractivity contribution in [2.75, 3.05) is 52.9 Å². The van der Waals surface area contributed by atoms with Gasteiger partial charge in [-0.25, -0.2) is 8.42 Å². The van der Waals surface area contributed by atoms with Gasteiger partial charge in [-0.05, 0) is 34.5 Å². The first-order chi connectivity index (χ1) is 20.4. The first kappa shape index (κ1) is 29.5. The summed E-state index contributed by atoms with van der Waals surface area (Å²) in [4.78, 5) is 17.8. The molecule has 1 amide bonds. The molecule has 1 aliphatic rings. The van der Waals surface area contributed by atoms with Crippen LogP contribution in [0.1, 0.15) is 11.1 Å². The summed E-state index contributed by atoms with van der Waals surface area (Å²) < 4.78 is 33.8. The standard InChI is InChI=1S/C34H37N3O4S/c1-41-33-16-8-7-13-30(33)15-9-19-36(34(38)26-28-10-3-2-4-11-28)23-20-35-21-24-37(25-22-35)42(39,40)32-18-17-29-12-5-6-14-31(29)27-32/h2-18,27H,19-26H2,1H3/b15-9+. The number of rotatable bonds is 11. The number of hydrogen-bond acceptors (Lipinski definition) is 5. The van der Waals surface area contributed by atoms with Gasteiger partial charge in [0.15, 0.2) is 0 Å². The molecule has 0 N–H and O–H groups in total. The number of carbonyl (C=O) groups excluding carboxylic acids is 1. The molecule has 0 atom stereocenters. The number of methoxy groups -OCH3 is 1. The Morgan fingerprint density at radius 3 is 2.31 bits per heavy atom. The summed E-state index contributed by atoms with van der Waals surface area (Å²) in [5, 5.41) is 1.93. The van der Waals surface area contributed by atoms with E-state index in [4.69, 9.17) is 4.74 Å². The Bertz CT molecular complexity index is 1630. The van der Waals surface area contributed by atoms with E-state index in [0.29, 0.717) is 57.1 Å². The number of para-hydroxylation sites is 1. The zero-order valence-electron chi connectivity index (χ0n) is 23.9. The molecular weight excluding hydrogens is 546 g/mol. The zero-order valence-corrected chi connectivity index (χ0v) is 24.7. The number of fused-ring (bicyclic) bond motifs is 1. The van der Waals surface area contributed by atoms with Crippen LogP contribution in [0.15, 0.2) is 108 Å². The van der Waals surface area contributed by atoms with E-state index in [2.05, 4.69) is 4.90 Å². The fraction of sp³-hybridized carbons (Fsp3) is 0.265. The van der Waals surface area contributed by atoms with Gasteiger partial charge in [0.25, 0.3) is 0 Å². The van der Waals surface area contributed by atoms with E-state index in [9.17, 15) is 13.2 Å². The Morgan fingerprint density at radius 2 is 1.55 bits per heavy atom. The van der Waals surface area contributed by atoms with Crippen LogP contribution >= 0.6 is 0 Å². The molecule has 0 unspecified atom stereocenters. The minimum absolute atomic E-state index is 0.0587. The van der Waals surface area contributed by atoms with Crippen molar-refractivity contribution in [3.05, 3.63) is 114 Å². The minimum atomic E-state index is -3.58. The van der Waals surface area contributed by atoms with E-state index >= 15 is 0 Å². The second-order valence-corrected chi connectivity index (χ2v) is 12.3. The Labute approximate surface area is 248 Å². The maximum absolute atomic E-state index is 13.4. The number of nitrogens with zero attached hydrogens (tertiary/aromatic N) is 3. The van der Waals surface area contributed by atoms with E-state index < -0.39 is 10.0 Å². The lowest BCUT2D eigenvalue weighted by atomic mass is 10.1. The van der Waals surface area contributed by atoms with E-state index in [0.717, 1.165) is 27.6 Å². The van der Waals surface area contributed by atoms with E-state index in [1.165, 1.54) is 0 Å². The molecule has 8 heteroatoms. The highest BCUT2D eigenvalue weighted by molar-refractivity contribution is 7.89. The van der Waals surface area contributed by atoms with Gasteiger partial charge in [0.2, 0.25) is 15.9 Å². The summed E-state index contributed by atoms with van der Waals surface area (Å²) in [7, 11) is -1.93. The van der Waals surface area contributed by atoms with Crippen LogP contribution < -0.4 is 4.74 Å². The summed E-state index contributed by atoms with van der Waals surface area (Å²) in [6.45, 7) is 3.77. The van der Waals surface area contributed by atoms with Crippen molar-refractivity contribution >= 4 is 32.8 Å². The number of benzene rings is 4. The van der Waals surface area contributed by atoms with Gasteiger partial charge in [-0.3, -0.25) is 9.69 Å². The lowest BCUT2D eigenvalue weighted by Gasteiger charge is -2.35. The van der Waals surface area contributed by atoms with Crippen molar-refractivity contribution in [1.82, 2.24) is 14.1 Å². The quantitative estimate of drug-likeness (QED) is 0.250. The zero-order chi connectivity index (χ0) is 29.4. The van der Waals surface area contributed by atoms with Crippen LogP contribution in [0.3, 0.4) is 0 Å². The van der Waals surface area contributed by atoms with E-state index in [-0.39, 0.29) is 5.91 Å². The number of piperazine rings is 1. The molecule has 0 saturated carbocycles. The molecule has 1 fully saturated rings. The first-order valence-corrected chi connectivity index (χ1v) is 15.7. The van der Waals surface area contributed by atoms with Crippen LogP contribution in [0.2, 0.25) is 0 Å². The van der Waals surface area contributed by atoms with Gasteiger partial charge in [-0.2, -0.15) is 4.31 Å². The van der Waals surface area contributed by atoms with Crippen LogP contribution in [0.5, 0.6) is 5.75 Å². The van der Waals surface area contributed by atoms with Crippen molar-refractivity contribution in [3.63, 3.8) is 0 Å². The largest absolute Gasteiger partial charge is 0.496 e. The highest BCUT2D eigenvalue weighted by Crippen LogP contribution is 2.23. The van der Waals surface area contributed by atoms with Gasteiger partial charge < -0.3 is 9.64 Å². The molecule has 0 bridgehead atoms. The molecule has 1 heterocycles. The normalized spacial score (nSPS) is 14.8. The maximum Gasteiger partial charge on any atom is 0.243 e. The van der Waals surface area contributed by atoms with Crippen LogP contribution in [0.25, 0.3) is 16.8 Å². The molecule has 42 heavy (non-hydrogen) atoms. The molecule has 0 aromatic heterocycles. The Balaban J connectivity index is 1.20. The SMILES string of the molecule is COc1ccccc1/C=C/CN(CCN1CCN(S(=O)(=O)c2ccc3ccccc3c2)CC1)C(=O)Cc1ccccc1. The number of amides is 1. The summed E-state index contributed by atoms with van der Waals surface area (Å²) in [6.07, 6.45) is 4.31. The smallest absolute Gasteiger partial charge is 0.243 e. The second-order valence-electron chi connectivity index (χ2n) is 10.4. The average Bonchev–Trinajstić information content (AvgIpc) is 3.03. The molecule has 0 spiro atoms. The lowest BCUT2D eigenvalue weighted by molar-refractivity contribution is -0.130. The van der Waals surface area contributed by atoms with Gasteiger partial charge in [-0.1, -0.05) is 91.0 Å². The summed E-state index contributed by atoms with van der Waals surface area (Å²) in [5.41, 5.74) is 1.94. The number of ether oxygens (including phenoxy) is 1. The van der Waals surface area contributed by atoms with Gasteiger partial charge in [0.1, 0.15) is 5.75 Å². The number of sulfonamides is 1. The third-order valence-corrected chi connectivity index (χ3v) is 9.58. The molecule has 7 nitrogen and oxygen atoms in total. The molecule has 1 saturated heterocycles. The number of carbonyl (C=O) groups is 1. The van der Waals surface area contributed by atoms with Gasteiger partial charge in [0.05, 0.1) is 18.4 Å².